The van der Waals surface area contributed by atoms with Crippen molar-refractivity contribution < 1.29 is 4.79 Å². The highest BCUT2D eigenvalue weighted by Gasteiger charge is 2.12. The Balaban J connectivity index is 2.33. The van der Waals surface area contributed by atoms with Gasteiger partial charge in [0, 0.05) is 22.8 Å². The average molecular weight is 314 g/mol. The number of hydrogen-bond donors (Lipinski definition) is 0. The van der Waals surface area contributed by atoms with Gasteiger partial charge in [0.25, 0.3) is 0 Å². The molecule has 0 N–H and O–H groups in total. The van der Waals surface area contributed by atoms with E-state index < -0.39 is 0 Å². The van der Waals surface area contributed by atoms with Gasteiger partial charge in [-0.05, 0) is 41.1 Å². The minimum absolute atomic E-state index is 0.0536. The normalized spacial score (nSPS) is 10.5. The highest BCUT2D eigenvalue weighted by molar-refractivity contribution is 9.10. The fourth-order valence-electron chi connectivity index (χ4n) is 1.46. The molecule has 0 spiro atoms. The third kappa shape index (κ3) is 2.58. The molecular weight excluding hydrogens is 304 g/mol. The van der Waals surface area contributed by atoms with E-state index in [1.165, 1.54) is 0 Å². The molecule has 88 valence electrons. The molecule has 0 fully saturated rings. The maximum atomic E-state index is 12.1. The summed E-state index contributed by atoms with van der Waals surface area (Å²) in [6.45, 7) is 2.72. The van der Waals surface area contributed by atoms with Crippen LogP contribution in [0.5, 0.6) is 0 Å². The van der Waals surface area contributed by atoms with Gasteiger partial charge in [0.1, 0.15) is 0 Å². The van der Waals surface area contributed by atoms with Gasteiger partial charge in [-0.15, -0.1) is 0 Å². The zero-order chi connectivity index (χ0) is 12.4. The molecule has 1 aromatic heterocycles. The molecule has 17 heavy (non-hydrogen) atoms. The van der Waals surface area contributed by atoms with E-state index in [0.29, 0.717) is 20.6 Å². The monoisotopic (exact) mass is 312 g/mol. The SMILES string of the molecule is CCn1cc(C(=O)c2ccc(Cl)c(Br)c2)cn1. The first-order chi connectivity index (χ1) is 8.11. The molecule has 0 saturated heterocycles. The van der Waals surface area contributed by atoms with Crippen molar-refractivity contribution in [2.75, 3.05) is 0 Å². The standard InChI is InChI=1S/C12H10BrClN2O/c1-2-16-7-9(6-15-16)12(17)8-3-4-11(14)10(13)5-8/h3-7H,2H2,1H3. The maximum absolute atomic E-state index is 12.1. The van der Waals surface area contributed by atoms with Crippen molar-refractivity contribution in [3.8, 4) is 0 Å². The van der Waals surface area contributed by atoms with Gasteiger partial charge < -0.3 is 0 Å². The van der Waals surface area contributed by atoms with Crippen molar-refractivity contribution >= 4 is 33.3 Å². The summed E-state index contributed by atoms with van der Waals surface area (Å²) in [6.07, 6.45) is 3.32. The third-order valence-electron chi connectivity index (χ3n) is 2.40. The van der Waals surface area contributed by atoms with E-state index in [0.717, 1.165) is 6.54 Å². The summed E-state index contributed by atoms with van der Waals surface area (Å²) in [5, 5.41) is 4.67. The summed E-state index contributed by atoms with van der Waals surface area (Å²) < 4.78 is 2.44. The fraction of sp³-hybridized carbons (Fsp3) is 0.167. The van der Waals surface area contributed by atoms with Crippen molar-refractivity contribution in [1.29, 1.82) is 0 Å². The Hall–Kier alpha value is -1.13. The Labute approximate surface area is 113 Å². The van der Waals surface area contributed by atoms with Crippen molar-refractivity contribution in [2.24, 2.45) is 0 Å². The first kappa shape index (κ1) is 12.3. The van der Waals surface area contributed by atoms with Crippen molar-refractivity contribution in [3.05, 3.63) is 51.2 Å². The molecule has 2 rings (SSSR count). The van der Waals surface area contributed by atoms with E-state index in [9.17, 15) is 4.79 Å². The van der Waals surface area contributed by atoms with Crippen LogP contribution < -0.4 is 0 Å². The van der Waals surface area contributed by atoms with Crippen LogP contribution >= 0.6 is 27.5 Å². The molecule has 0 radical (unpaired) electrons. The highest BCUT2D eigenvalue weighted by atomic mass is 79.9. The van der Waals surface area contributed by atoms with E-state index in [1.54, 1.807) is 35.3 Å². The molecule has 0 aliphatic carbocycles. The lowest BCUT2D eigenvalue weighted by molar-refractivity contribution is 0.103. The van der Waals surface area contributed by atoms with Gasteiger partial charge in [-0.1, -0.05) is 11.6 Å². The summed E-state index contributed by atoms with van der Waals surface area (Å²) in [5.74, 6) is -0.0536. The Kier molecular flexibility index (Phi) is 3.64. The lowest BCUT2D eigenvalue weighted by Gasteiger charge is -2.00. The Morgan fingerprint density at radius 2 is 2.24 bits per heavy atom. The number of benzene rings is 1. The van der Waals surface area contributed by atoms with Crippen LogP contribution in [0, 0.1) is 0 Å². The number of carbonyl (C=O) groups excluding carboxylic acids is 1. The first-order valence-corrected chi connectivity index (χ1v) is 6.31. The zero-order valence-electron chi connectivity index (χ0n) is 9.15. The minimum Gasteiger partial charge on any atom is -0.288 e. The van der Waals surface area contributed by atoms with Gasteiger partial charge in [-0.2, -0.15) is 5.10 Å². The molecular formula is C12H10BrClN2O. The second-order valence-corrected chi connectivity index (χ2v) is 4.80. The second-order valence-electron chi connectivity index (χ2n) is 3.54. The molecule has 0 amide bonds. The lowest BCUT2D eigenvalue weighted by atomic mass is 10.1. The molecule has 0 unspecified atom stereocenters. The van der Waals surface area contributed by atoms with Gasteiger partial charge in [-0.25, -0.2) is 0 Å². The molecule has 0 aliphatic rings. The van der Waals surface area contributed by atoms with Crippen LogP contribution in [-0.4, -0.2) is 15.6 Å². The third-order valence-corrected chi connectivity index (χ3v) is 3.62. The summed E-state index contributed by atoms with van der Waals surface area (Å²) in [5.41, 5.74) is 1.18. The Bertz CT molecular complexity index is 565. The average Bonchev–Trinajstić information content (AvgIpc) is 2.80. The predicted molar refractivity (Wildman–Crippen MR) is 70.5 cm³/mol. The Morgan fingerprint density at radius 3 is 2.82 bits per heavy atom. The van der Waals surface area contributed by atoms with Crippen LogP contribution in [0.1, 0.15) is 22.8 Å². The van der Waals surface area contributed by atoms with Gasteiger partial charge in [-0.3, -0.25) is 9.48 Å². The van der Waals surface area contributed by atoms with Crippen molar-refractivity contribution in [1.82, 2.24) is 9.78 Å². The minimum atomic E-state index is -0.0536. The van der Waals surface area contributed by atoms with Gasteiger partial charge in [0.05, 0.1) is 16.8 Å². The molecule has 2 aromatic rings. The molecule has 0 saturated carbocycles. The molecule has 0 atom stereocenters. The maximum Gasteiger partial charge on any atom is 0.196 e. The van der Waals surface area contributed by atoms with Crippen LogP contribution in [0.15, 0.2) is 35.1 Å². The second kappa shape index (κ2) is 5.02. The Morgan fingerprint density at radius 1 is 1.47 bits per heavy atom. The molecule has 3 nitrogen and oxygen atoms in total. The van der Waals surface area contributed by atoms with Crippen LogP contribution in [0.2, 0.25) is 5.02 Å². The van der Waals surface area contributed by atoms with Crippen molar-refractivity contribution in [3.63, 3.8) is 0 Å². The number of halogens is 2. The summed E-state index contributed by atoms with van der Waals surface area (Å²) in [7, 11) is 0. The largest absolute Gasteiger partial charge is 0.288 e. The van der Waals surface area contributed by atoms with E-state index in [1.807, 2.05) is 6.92 Å². The summed E-state index contributed by atoms with van der Waals surface area (Å²) >= 11 is 9.18. The van der Waals surface area contributed by atoms with E-state index >= 15 is 0 Å². The van der Waals surface area contributed by atoms with Gasteiger partial charge in [0.2, 0.25) is 0 Å². The molecule has 5 heteroatoms. The van der Waals surface area contributed by atoms with Gasteiger partial charge >= 0.3 is 0 Å². The number of rotatable bonds is 3. The number of carbonyl (C=O) groups is 1. The smallest absolute Gasteiger partial charge is 0.196 e. The van der Waals surface area contributed by atoms with Crippen LogP contribution in [0.3, 0.4) is 0 Å². The highest BCUT2D eigenvalue weighted by Crippen LogP contribution is 2.24. The van der Waals surface area contributed by atoms with Crippen molar-refractivity contribution in [2.45, 2.75) is 13.5 Å². The van der Waals surface area contributed by atoms with Crippen LogP contribution in [0.25, 0.3) is 0 Å². The lowest BCUT2D eigenvalue weighted by Crippen LogP contribution is -2.00. The number of ketones is 1. The quantitative estimate of drug-likeness (QED) is 0.812. The van der Waals surface area contributed by atoms with Gasteiger partial charge in [0.15, 0.2) is 5.78 Å². The predicted octanol–water partition coefficient (Wildman–Crippen LogP) is 3.55. The number of aromatic nitrogens is 2. The van der Waals surface area contributed by atoms with E-state index in [4.69, 9.17) is 11.6 Å². The van der Waals surface area contributed by atoms with E-state index in [-0.39, 0.29) is 5.78 Å². The first-order valence-electron chi connectivity index (χ1n) is 5.14. The molecule has 1 heterocycles. The molecule has 1 aromatic carbocycles. The molecule has 0 bridgehead atoms. The summed E-state index contributed by atoms with van der Waals surface area (Å²) in [6, 6.07) is 5.12. The fourth-order valence-corrected chi connectivity index (χ4v) is 1.95. The van der Waals surface area contributed by atoms with Crippen LogP contribution in [0.4, 0.5) is 0 Å². The summed E-state index contributed by atoms with van der Waals surface area (Å²) in [4.78, 5) is 12.1. The van der Waals surface area contributed by atoms with Crippen LogP contribution in [-0.2, 0) is 6.54 Å². The number of aryl methyl sites for hydroxylation is 1. The van der Waals surface area contributed by atoms with E-state index in [2.05, 4.69) is 21.0 Å². The zero-order valence-corrected chi connectivity index (χ0v) is 11.5. The number of nitrogens with zero attached hydrogens (tertiary/aromatic N) is 2. The topological polar surface area (TPSA) is 34.9 Å². The number of hydrogen-bond acceptors (Lipinski definition) is 2. The molecule has 0 aliphatic heterocycles.